The summed E-state index contributed by atoms with van der Waals surface area (Å²) in [7, 11) is -3.68. The van der Waals surface area contributed by atoms with Gasteiger partial charge in [0, 0.05) is 25.0 Å². The predicted molar refractivity (Wildman–Crippen MR) is 121 cm³/mol. The molecule has 1 saturated carbocycles. The first-order valence-corrected chi connectivity index (χ1v) is 12.3. The maximum atomic E-state index is 12.8. The van der Waals surface area contributed by atoms with Crippen LogP contribution in [0.2, 0.25) is 0 Å². The summed E-state index contributed by atoms with van der Waals surface area (Å²) in [6.45, 7) is 0.389. The van der Waals surface area contributed by atoms with E-state index in [4.69, 9.17) is 0 Å². The summed E-state index contributed by atoms with van der Waals surface area (Å²) in [6.07, 6.45) is 3.73. The quantitative estimate of drug-likeness (QED) is 0.481. The van der Waals surface area contributed by atoms with Crippen LogP contribution < -0.4 is 10.9 Å². The van der Waals surface area contributed by atoms with Crippen LogP contribution in [-0.2, 0) is 10.0 Å². The van der Waals surface area contributed by atoms with Gasteiger partial charge in [0.25, 0.3) is 5.56 Å². The molecular formula is C22H24N6O4S. The van der Waals surface area contributed by atoms with Crippen LogP contribution in [0.1, 0.15) is 31.7 Å². The minimum atomic E-state index is -3.68. The second-order valence-electron chi connectivity index (χ2n) is 8.58. The molecule has 2 aliphatic rings. The van der Waals surface area contributed by atoms with Crippen LogP contribution in [0.4, 0.5) is 11.5 Å². The largest absolute Gasteiger partial charge is 0.392 e. The number of anilines is 2. The lowest BCUT2D eigenvalue weighted by atomic mass is 10.1. The molecule has 0 bridgehead atoms. The van der Waals surface area contributed by atoms with Gasteiger partial charge < -0.3 is 15.4 Å². The standard InChI is InChI=1S/C22H24N6O4S/c23-10-7-18(14-1-2-14)28-19-8-11-24-22(30)20(19)21(26-28)25-15-3-5-17(6-4-15)33(31,32)27-12-9-16(29)13-27/h3-6,8,11,14,16,18,29H,1-2,7,9,12-13H2,(H,24,30)(H,25,26)/t16-,18?/m1/s1. The fourth-order valence-electron chi connectivity index (χ4n) is 4.39. The molecule has 3 aromatic rings. The molecule has 33 heavy (non-hydrogen) atoms. The smallest absolute Gasteiger partial charge is 0.261 e. The van der Waals surface area contributed by atoms with Gasteiger partial charge in [-0.1, -0.05) is 0 Å². The highest BCUT2D eigenvalue weighted by Crippen LogP contribution is 2.43. The van der Waals surface area contributed by atoms with Crippen LogP contribution in [0.3, 0.4) is 0 Å². The number of aliphatic hydroxyl groups excluding tert-OH is 1. The molecular weight excluding hydrogens is 444 g/mol. The van der Waals surface area contributed by atoms with Gasteiger partial charge in [-0.15, -0.1) is 0 Å². The number of nitrogens with zero attached hydrogens (tertiary/aromatic N) is 4. The van der Waals surface area contributed by atoms with E-state index in [1.165, 1.54) is 16.4 Å². The summed E-state index contributed by atoms with van der Waals surface area (Å²) in [6, 6.07) is 10.1. The molecule has 2 fully saturated rings. The zero-order chi connectivity index (χ0) is 23.2. The van der Waals surface area contributed by atoms with Crippen molar-refractivity contribution in [1.82, 2.24) is 19.1 Å². The molecule has 11 heteroatoms. The average Bonchev–Trinajstić information content (AvgIpc) is 3.44. The van der Waals surface area contributed by atoms with E-state index in [1.807, 2.05) is 0 Å². The maximum Gasteiger partial charge on any atom is 0.261 e. The minimum Gasteiger partial charge on any atom is -0.392 e. The van der Waals surface area contributed by atoms with E-state index in [-0.39, 0.29) is 23.0 Å². The molecule has 1 saturated heterocycles. The number of aliphatic hydroxyl groups is 1. The number of pyridine rings is 1. The minimum absolute atomic E-state index is 0.0966. The van der Waals surface area contributed by atoms with E-state index < -0.39 is 16.1 Å². The lowest BCUT2D eigenvalue weighted by Gasteiger charge is -2.16. The Morgan fingerprint density at radius 3 is 2.64 bits per heavy atom. The number of hydrogen-bond acceptors (Lipinski definition) is 7. The molecule has 1 unspecified atom stereocenters. The summed E-state index contributed by atoms with van der Waals surface area (Å²) in [5.41, 5.74) is 0.938. The maximum absolute atomic E-state index is 12.8. The SMILES string of the molecule is N#CCC(C1CC1)n1nc(Nc2ccc(S(=O)(=O)N3CC[C@@H](O)C3)cc2)c2c(=O)[nH]ccc21. The van der Waals surface area contributed by atoms with Crippen LogP contribution in [0.25, 0.3) is 10.9 Å². The van der Waals surface area contributed by atoms with Gasteiger partial charge in [0.15, 0.2) is 5.82 Å². The first kappa shape index (κ1) is 21.6. The molecule has 10 nitrogen and oxygen atoms in total. The predicted octanol–water partition coefficient (Wildman–Crippen LogP) is 2.09. The Hall–Kier alpha value is -3.20. The molecule has 3 heterocycles. The molecule has 1 aliphatic carbocycles. The second-order valence-corrected chi connectivity index (χ2v) is 10.5. The van der Waals surface area contributed by atoms with Crippen LogP contribution in [0.5, 0.6) is 0 Å². The van der Waals surface area contributed by atoms with Crippen LogP contribution in [0.15, 0.2) is 46.2 Å². The van der Waals surface area contributed by atoms with Crippen molar-refractivity contribution in [2.24, 2.45) is 5.92 Å². The van der Waals surface area contributed by atoms with Gasteiger partial charge in [0.2, 0.25) is 10.0 Å². The molecule has 0 radical (unpaired) electrons. The van der Waals surface area contributed by atoms with Crippen LogP contribution in [0, 0.1) is 17.2 Å². The Bertz CT molecular complexity index is 1380. The zero-order valence-electron chi connectivity index (χ0n) is 17.8. The number of benzene rings is 1. The second kappa shape index (κ2) is 8.30. The first-order valence-electron chi connectivity index (χ1n) is 10.9. The zero-order valence-corrected chi connectivity index (χ0v) is 18.6. The number of aromatic amines is 1. The normalized spacial score (nSPS) is 20.1. The molecule has 3 N–H and O–H groups in total. The van der Waals surface area contributed by atoms with E-state index in [0.29, 0.717) is 47.7 Å². The van der Waals surface area contributed by atoms with Gasteiger partial charge in [0.05, 0.1) is 35.0 Å². The molecule has 5 rings (SSSR count). The number of rotatable bonds is 7. The van der Waals surface area contributed by atoms with Crippen molar-refractivity contribution < 1.29 is 13.5 Å². The molecule has 1 aromatic carbocycles. The van der Waals surface area contributed by atoms with Gasteiger partial charge in [-0.2, -0.15) is 14.7 Å². The van der Waals surface area contributed by atoms with Gasteiger partial charge in [-0.25, -0.2) is 8.42 Å². The van der Waals surface area contributed by atoms with Crippen molar-refractivity contribution in [1.29, 1.82) is 5.26 Å². The van der Waals surface area contributed by atoms with Crippen molar-refractivity contribution in [2.45, 2.75) is 42.7 Å². The number of nitriles is 1. The van der Waals surface area contributed by atoms with Crippen molar-refractivity contribution in [3.63, 3.8) is 0 Å². The fraction of sp³-hybridized carbons (Fsp3) is 0.409. The van der Waals surface area contributed by atoms with Crippen LogP contribution >= 0.6 is 0 Å². The third-order valence-electron chi connectivity index (χ3n) is 6.29. The highest BCUT2D eigenvalue weighted by molar-refractivity contribution is 7.89. The summed E-state index contributed by atoms with van der Waals surface area (Å²) in [4.78, 5) is 15.4. The number of aromatic nitrogens is 3. The van der Waals surface area contributed by atoms with Crippen molar-refractivity contribution in [2.75, 3.05) is 18.4 Å². The third kappa shape index (κ3) is 4.01. The van der Waals surface area contributed by atoms with E-state index in [9.17, 15) is 23.6 Å². The first-order chi connectivity index (χ1) is 15.9. The van der Waals surface area contributed by atoms with E-state index in [0.717, 1.165) is 12.8 Å². The lowest BCUT2D eigenvalue weighted by molar-refractivity contribution is 0.189. The fourth-order valence-corrected chi connectivity index (χ4v) is 5.88. The summed E-state index contributed by atoms with van der Waals surface area (Å²) >= 11 is 0. The Morgan fingerprint density at radius 1 is 1.24 bits per heavy atom. The number of nitrogens with one attached hydrogen (secondary N) is 2. The third-order valence-corrected chi connectivity index (χ3v) is 8.17. The van der Waals surface area contributed by atoms with Crippen molar-refractivity contribution in [3.8, 4) is 6.07 Å². The summed E-state index contributed by atoms with van der Waals surface area (Å²) in [5, 5.41) is 27.1. The number of hydrogen-bond donors (Lipinski definition) is 3. The monoisotopic (exact) mass is 468 g/mol. The van der Waals surface area contributed by atoms with E-state index in [2.05, 4.69) is 21.5 Å². The molecule has 172 valence electrons. The van der Waals surface area contributed by atoms with Gasteiger partial charge >= 0.3 is 0 Å². The van der Waals surface area contributed by atoms with Gasteiger partial charge in [0.1, 0.15) is 5.39 Å². The average molecular weight is 469 g/mol. The topological polar surface area (TPSA) is 144 Å². The molecule has 1 aliphatic heterocycles. The Balaban J connectivity index is 1.46. The summed E-state index contributed by atoms with van der Waals surface area (Å²) < 4.78 is 28.6. The van der Waals surface area contributed by atoms with E-state index in [1.54, 1.807) is 29.1 Å². The molecule has 0 spiro atoms. The Kier molecular flexibility index (Phi) is 5.44. The van der Waals surface area contributed by atoms with Crippen molar-refractivity contribution >= 4 is 32.4 Å². The Morgan fingerprint density at radius 2 is 2.00 bits per heavy atom. The van der Waals surface area contributed by atoms with E-state index >= 15 is 0 Å². The molecule has 0 amide bonds. The Labute approximate surface area is 190 Å². The van der Waals surface area contributed by atoms with Gasteiger partial charge in [-0.3, -0.25) is 9.48 Å². The van der Waals surface area contributed by atoms with Crippen molar-refractivity contribution in [3.05, 3.63) is 46.9 Å². The highest BCUT2D eigenvalue weighted by atomic mass is 32.2. The number of fused-ring (bicyclic) bond motifs is 1. The highest BCUT2D eigenvalue weighted by Gasteiger charge is 2.35. The number of sulfonamides is 1. The lowest BCUT2D eigenvalue weighted by Crippen LogP contribution is -2.29. The number of β-amino-alcohol motifs (C(OH)–C–C–N with tert-alkyl or cyclic N) is 1. The number of H-pyrrole nitrogens is 1. The van der Waals surface area contributed by atoms with Crippen LogP contribution in [-0.4, -0.2) is 51.8 Å². The molecule has 2 aromatic heterocycles. The molecule has 2 atom stereocenters. The summed E-state index contributed by atoms with van der Waals surface area (Å²) in [5.74, 6) is 0.724. The van der Waals surface area contributed by atoms with Gasteiger partial charge in [-0.05, 0) is 55.5 Å².